The van der Waals surface area contributed by atoms with Gasteiger partial charge in [0.1, 0.15) is 12.4 Å². The molecule has 0 unspecified atom stereocenters. The number of ether oxygens (including phenoxy) is 2. The Bertz CT molecular complexity index is 803. The summed E-state index contributed by atoms with van der Waals surface area (Å²) in [5, 5.41) is 2.65. The maximum atomic E-state index is 13.1. The summed E-state index contributed by atoms with van der Waals surface area (Å²) in [4.78, 5) is 27.7. The highest BCUT2D eigenvalue weighted by atomic mass is 19.4. The van der Waals surface area contributed by atoms with E-state index in [1.807, 2.05) is 6.92 Å². The second-order valence-corrected chi connectivity index (χ2v) is 8.35. The summed E-state index contributed by atoms with van der Waals surface area (Å²) < 4.78 is 50.2. The molecule has 2 amide bonds. The molecule has 0 bridgehead atoms. The van der Waals surface area contributed by atoms with Gasteiger partial charge in [0.05, 0.1) is 18.1 Å². The van der Waals surface area contributed by atoms with Gasteiger partial charge in [0, 0.05) is 58.5 Å². The first-order valence-electron chi connectivity index (χ1n) is 10.5. The van der Waals surface area contributed by atoms with Gasteiger partial charge in [-0.05, 0) is 25.0 Å². The Hall–Kier alpha value is -2.33. The Kier molecular flexibility index (Phi) is 8.91. The zero-order chi connectivity index (χ0) is 24.1. The number of carbonyl (C=O) groups is 2. The molecular weight excluding hydrogens is 427 g/mol. The van der Waals surface area contributed by atoms with E-state index in [1.165, 1.54) is 18.9 Å². The summed E-state index contributed by atoms with van der Waals surface area (Å²) in [5.41, 5.74) is 0.766. The number of likely N-dealkylation sites (N-methyl/N-ethyl adjacent to an activating group) is 1. The fourth-order valence-electron chi connectivity index (χ4n) is 3.71. The number of anilines is 1. The average molecular weight is 460 g/mol. The topological polar surface area (TPSA) is 71.1 Å². The van der Waals surface area contributed by atoms with E-state index < -0.39 is 12.6 Å². The first kappa shape index (κ1) is 25.9. The van der Waals surface area contributed by atoms with E-state index >= 15 is 0 Å². The number of hydrogen-bond acceptors (Lipinski definition) is 5. The van der Waals surface area contributed by atoms with Gasteiger partial charge in [0.2, 0.25) is 5.91 Å². The van der Waals surface area contributed by atoms with Crippen LogP contribution in [0.4, 0.5) is 18.9 Å². The lowest BCUT2D eigenvalue weighted by atomic mass is 10.0. The normalized spacial score (nSPS) is 23.6. The lowest BCUT2D eigenvalue weighted by Gasteiger charge is -2.36. The minimum atomic E-state index is -4.26. The molecule has 3 atom stereocenters. The van der Waals surface area contributed by atoms with Crippen LogP contribution in [0.2, 0.25) is 0 Å². The van der Waals surface area contributed by atoms with Crippen LogP contribution in [0.3, 0.4) is 0 Å². The highest BCUT2D eigenvalue weighted by Gasteiger charge is 2.32. The third-order valence-electron chi connectivity index (χ3n) is 5.58. The monoisotopic (exact) mass is 459 g/mol. The van der Waals surface area contributed by atoms with Crippen molar-refractivity contribution < 1.29 is 32.2 Å². The average Bonchev–Trinajstić information content (AvgIpc) is 2.70. The largest absolute Gasteiger partial charge is 0.491 e. The van der Waals surface area contributed by atoms with Gasteiger partial charge in [-0.3, -0.25) is 14.5 Å². The van der Waals surface area contributed by atoms with Crippen LogP contribution in [-0.2, 0) is 9.53 Å². The maximum absolute atomic E-state index is 13.1. The summed E-state index contributed by atoms with van der Waals surface area (Å²) >= 11 is 0. The lowest BCUT2D eigenvalue weighted by molar-refractivity contribution is -0.140. The number of benzene rings is 1. The van der Waals surface area contributed by atoms with E-state index in [9.17, 15) is 22.8 Å². The van der Waals surface area contributed by atoms with Gasteiger partial charge in [-0.25, -0.2) is 0 Å². The summed E-state index contributed by atoms with van der Waals surface area (Å²) in [6.45, 7) is 5.61. The van der Waals surface area contributed by atoms with Gasteiger partial charge < -0.3 is 19.7 Å². The van der Waals surface area contributed by atoms with Crippen LogP contribution < -0.4 is 10.1 Å². The number of amides is 2. The molecule has 1 aromatic rings. The van der Waals surface area contributed by atoms with E-state index in [2.05, 4.69) is 5.32 Å². The molecule has 1 aliphatic rings. The minimum absolute atomic E-state index is 0.0791. The molecule has 0 saturated carbocycles. The summed E-state index contributed by atoms with van der Waals surface area (Å²) in [5.74, 6) is -0.402. The molecule has 0 aromatic heterocycles. The number of hydrogen-bond donors (Lipinski definition) is 1. The van der Waals surface area contributed by atoms with Gasteiger partial charge in [-0.1, -0.05) is 6.92 Å². The van der Waals surface area contributed by atoms with Gasteiger partial charge in [-0.2, -0.15) is 13.2 Å². The standard InChI is InChI=1S/C22H32F3N3O4/c1-14-11-28(9-8-22(23,24)25)15(2)13-32-19-10-17(26-16(3)29)6-7-18(19)21(30)27(4)12-20(14)31-5/h6-7,10,14-15,20H,8-9,11-13H2,1-5H3,(H,26,29)/t14-,15+,20+/m1/s1. The first-order chi connectivity index (χ1) is 14.9. The number of fused-ring (bicyclic) bond motifs is 1. The Morgan fingerprint density at radius 2 is 1.97 bits per heavy atom. The SMILES string of the molecule is CO[C@H]1CN(C)C(=O)c2ccc(NC(C)=O)cc2OC[C@H](C)N(CCC(F)(F)F)C[C@H]1C. The lowest BCUT2D eigenvalue weighted by Crippen LogP contribution is -2.47. The molecule has 1 aliphatic heterocycles. The van der Waals surface area contributed by atoms with Crippen molar-refractivity contribution in [2.45, 2.75) is 45.5 Å². The molecule has 7 nitrogen and oxygen atoms in total. The van der Waals surface area contributed by atoms with Crippen molar-refractivity contribution in [1.29, 1.82) is 0 Å². The number of nitrogens with one attached hydrogen (secondary N) is 1. The molecule has 0 saturated heterocycles. The van der Waals surface area contributed by atoms with Crippen LogP contribution in [0.5, 0.6) is 5.75 Å². The molecule has 0 radical (unpaired) electrons. The molecule has 2 rings (SSSR count). The molecule has 10 heteroatoms. The smallest absolute Gasteiger partial charge is 0.390 e. The Labute approximate surface area is 186 Å². The van der Waals surface area contributed by atoms with E-state index in [1.54, 1.807) is 37.1 Å². The molecule has 180 valence electrons. The van der Waals surface area contributed by atoms with E-state index in [4.69, 9.17) is 9.47 Å². The van der Waals surface area contributed by atoms with Crippen molar-refractivity contribution in [2.24, 2.45) is 5.92 Å². The predicted molar refractivity (Wildman–Crippen MR) is 115 cm³/mol. The quantitative estimate of drug-likeness (QED) is 0.747. The van der Waals surface area contributed by atoms with Crippen LogP contribution in [0, 0.1) is 5.92 Å². The van der Waals surface area contributed by atoms with Gasteiger partial charge >= 0.3 is 6.18 Å². The van der Waals surface area contributed by atoms with Crippen molar-refractivity contribution in [3.05, 3.63) is 23.8 Å². The van der Waals surface area contributed by atoms with E-state index in [0.717, 1.165) is 0 Å². The van der Waals surface area contributed by atoms with Crippen LogP contribution in [-0.4, -0.2) is 80.3 Å². The van der Waals surface area contributed by atoms with Gasteiger partial charge in [-0.15, -0.1) is 0 Å². The fourth-order valence-corrected chi connectivity index (χ4v) is 3.71. The predicted octanol–water partition coefficient (Wildman–Crippen LogP) is 3.40. The van der Waals surface area contributed by atoms with E-state index in [0.29, 0.717) is 17.8 Å². The summed E-state index contributed by atoms with van der Waals surface area (Å²) in [6.07, 6.45) is -5.55. The highest BCUT2D eigenvalue weighted by molar-refractivity contribution is 5.98. The molecule has 0 spiro atoms. The number of rotatable bonds is 4. The van der Waals surface area contributed by atoms with Crippen LogP contribution in [0.25, 0.3) is 0 Å². The molecule has 32 heavy (non-hydrogen) atoms. The molecule has 1 N–H and O–H groups in total. The molecule has 0 aliphatic carbocycles. The number of halogens is 3. The van der Waals surface area contributed by atoms with Gasteiger partial charge in [0.15, 0.2) is 0 Å². The van der Waals surface area contributed by atoms with Crippen molar-refractivity contribution in [3.63, 3.8) is 0 Å². The van der Waals surface area contributed by atoms with Crippen LogP contribution in [0.15, 0.2) is 18.2 Å². The number of nitrogens with zero attached hydrogens (tertiary/aromatic N) is 2. The Morgan fingerprint density at radius 1 is 1.28 bits per heavy atom. The summed E-state index contributed by atoms with van der Waals surface area (Å²) in [7, 11) is 3.17. The molecule has 1 heterocycles. The van der Waals surface area contributed by atoms with Crippen LogP contribution >= 0.6 is 0 Å². The zero-order valence-electron chi connectivity index (χ0n) is 19.2. The van der Waals surface area contributed by atoms with E-state index in [-0.39, 0.29) is 55.3 Å². The van der Waals surface area contributed by atoms with Crippen molar-refractivity contribution >= 4 is 17.5 Å². The number of alkyl halides is 3. The maximum Gasteiger partial charge on any atom is 0.390 e. The fraction of sp³-hybridized carbons (Fsp3) is 0.636. The van der Waals surface area contributed by atoms with Crippen molar-refractivity contribution in [3.8, 4) is 5.75 Å². The third kappa shape index (κ3) is 7.37. The summed E-state index contributed by atoms with van der Waals surface area (Å²) in [6, 6.07) is 4.39. The number of methoxy groups -OCH3 is 1. The Morgan fingerprint density at radius 3 is 2.56 bits per heavy atom. The third-order valence-corrected chi connectivity index (χ3v) is 5.58. The van der Waals surface area contributed by atoms with Gasteiger partial charge in [0.25, 0.3) is 5.91 Å². The molecular formula is C22H32F3N3O4. The second-order valence-electron chi connectivity index (χ2n) is 8.35. The molecule has 1 aromatic carbocycles. The first-order valence-corrected chi connectivity index (χ1v) is 10.5. The number of carbonyl (C=O) groups excluding carboxylic acids is 2. The van der Waals surface area contributed by atoms with Crippen molar-refractivity contribution in [2.75, 3.05) is 45.7 Å². The highest BCUT2D eigenvalue weighted by Crippen LogP contribution is 2.27. The van der Waals surface area contributed by atoms with Crippen molar-refractivity contribution in [1.82, 2.24) is 9.80 Å². The Balaban J connectivity index is 2.39. The van der Waals surface area contributed by atoms with Crippen LogP contribution in [0.1, 0.15) is 37.6 Å². The molecule has 0 fully saturated rings. The second kappa shape index (κ2) is 11.0. The minimum Gasteiger partial charge on any atom is -0.491 e. The zero-order valence-corrected chi connectivity index (χ0v) is 19.2.